The van der Waals surface area contributed by atoms with Crippen LogP contribution < -0.4 is 5.32 Å². The van der Waals surface area contributed by atoms with Gasteiger partial charge in [0.25, 0.3) is 0 Å². The van der Waals surface area contributed by atoms with Crippen LogP contribution in [0.25, 0.3) is 21.8 Å². The Morgan fingerprint density at radius 1 is 0.895 bits per heavy atom. The second kappa shape index (κ2) is 13.1. The molecular formula is C28H38N8O2. The van der Waals surface area contributed by atoms with Crippen molar-refractivity contribution >= 4 is 39.3 Å². The van der Waals surface area contributed by atoms with Crippen LogP contribution in [0.4, 0.5) is 5.69 Å². The van der Waals surface area contributed by atoms with E-state index in [-0.39, 0.29) is 0 Å². The largest absolute Gasteiger partial charge is 0.334 e. The highest BCUT2D eigenvalue weighted by Gasteiger charge is 2.26. The van der Waals surface area contributed by atoms with Crippen LogP contribution in [0.2, 0.25) is 0 Å². The maximum Gasteiger partial charge on any atom is 0.314 e. The summed E-state index contributed by atoms with van der Waals surface area (Å²) in [6, 6.07) is 8.01. The average molecular weight is 519 g/mol. The molecule has 202 valence electrons. The molecule has 2 aliphatic heterocycles. The van der Waals surface area contributed by atoms with Gasteiger partial charge in [-0.2, -0.15) is 10.2 Å². The molecule has 10 heteroatoms. The Hall–Kier alpha value is -3.79. The van der Waals surface area contributed by atoms with Gasteiger partial charge in [0, 0.05) is 36.6 Å². The summed E-state index contributed by atoms with van der Waals surface area (Å²) >= 11 is 0. The van der Waals surface area contributed by atoms with E-state index in [9.17, 15) is 9.59 Å². The number of nitrogens with one attached hydrogen (secondary N) is 3. The number of anilines is 1. The number of aromatic amines is 2. The van der Waals surface area contributed by atoms with Gasteiger partial charge in [-0.25, -0.2) is 0 Å². The van der Waals surface area contributed by atoms with Crippen molar-refractivity contribution in [2.75, 3.05) is 38.5 Å². The lowest BCUT2D eigenvalue weighted by Crippen LogP contribution is -2.44. The molecule has 2 fully saturated rings. The number of benzene rings is 1. The minimum absolute atomic E-state index is 0.438. The van der Waals surface area contributed by atoms with Gasteiger partial charge in [0.05, 0.1) is 35.3 Å². The summed E-state index contributed by atoms with van der Waals surface area (Å²) in [5.74, 6) is 0.257. The molecule has 10 nitrogen and oxygen atoms in total. The van der Waals surface area contributed by atoms with Crippen LogP contribution in [0.1, 0.15) is 39.5 Å². The molecule has 3 aromatic heterocycles. The van der Waals surface area contributed by atoms with Crippen LogP contribution in [0.5, 0.6) is 0 Å². The molecule has 2 saturated heterocycles. The minimum Gasteiger partial charge on any atom is -0.334 e. The topological polar surface area (TPSA) is 123 Å². The molecule has 0 spiro atoms. The Kier molecular flexibility index (Phi) is 9.42. The number of piperidine rings is 2. The zero-order valence-electron chi connectivity index (χ0n) is 22.5. The molecule has 0 saturated carbocycles. The molecule has 1 aromatic carbocycles. The summed E-state index contributed by atoms with van der Waals surface area (Å²) in [6.07, 6.45) is 11.5. The quantitative estimate of drug-likeness (QED) is 0.327. The molecule has 38 heavy (non-hydrogen) atoms. The Morgan fingerprint density at radius 2 is 1.61 bits per heavy atom. The van der Waals surface area contributed by atoms with Crippen molar-refractivity contribution in [1.29, 1.82) is 0 Å². The number of likely N-dealkylation sites (tertiary alicyclic amines) is 2. The molecule has 6 rings (SSSR count). The molecule has 2 aliphatic rings. The number of aromatic nitrogens is 5. The fraction of sp³-hybridized carbons (Fsp3) is 0.464. The third-order valence-electron chi connectivity index (χ3n) is 6.95. The predicted molar refractivity (Wildman–Crippen MR) is 149 cm³/mol. The number of H-pyrrole nitrogens is 2. The standard InChI is InChI=1S/C14H17N5O2.C7H6N2.C7H15N/c1-9-3-2-4-19(8-9)14(21)13(20)17-11-7-15-5-10-6-16-18-12(10)11;1-2-4-7-6(3-1)5-8-9-7;1-7-4-3-5-8(2)6-7/h5-7,9H,2-4,8H2,1H3,(H,16,18)(H,17,20);1-5H,(H,8,9);7H,3-6H2,1-2H3/t;;7-/m..1/s1. The van der Waals surface area contributed by atoms with Crippen molar-refractivity contribution in [3.05, 3.63) is 49.1 Å². The molecule has 2 atom stereocenters. The lowest BCUT2D eigenvalue weighted by Gasteiger charge is -2.30. The second-order valence-corrected chi connectivity index (χ2v) is 10.4. The van der Waals surface area contributed by atoms with Gasteiger partial charge < -0.3 is 15.1 Å². The third-order valence-corrected chi connectivity index (χ3v) is 6.95. The molecule has 2 amide bonds. The van der Waals surface area contributed by atoms with Crippen LogP contribution in [-0.2, 0) is 9.59 Å². The van der Waals surface area contributed by atoms with Crippen molar-refractivity contribution in [1.82, 2.24) is 35.2 Å². The minimum atomic E-state index is -0.631. The number of para-hydroxylation sites is 1. The van der Waals surface area contributed by atoms with Crippen molar-refractivity contribution in [2.24, 2.45) is 11.8 Å². The van der Waals surface area contributed by atoms with E-state index < -0.39 is 11.8 Å². The Bertz CT molecular complexity index is 1290. The summed E-state index contributed by atoms with van der Waals surface area (Å²) in [5.41, 5.74) is 2.23. The normalized spacial score (nSPS) is 19.7. The average Bonchev–Trinajstić information content (AvgIpc) is 3.59. The number of pyridine rings is 1. The SMILES string of the molecule is CC1CCCN(C(=O)C(=O)Nc2cncc3cn[nH]c23)C1.C[C@@H]1CCCN(C)C1.c1ccc2[nH]ncc2c1. The lowest BCUT2D eigenvalue weighted by atomic mass is 10.0. The first-order valence-corrected chi connectivity index (χ1v) is 13.3. The van der Waals surface area contributed by atoms with Crippen LogP contribution in [0.3, 0.4) is 0 Å². The van der Waals surface area contributed by atoms with E-state index in [0.717, 1.165) is 35.0 Å². The molecule has 1 unspecified atom stereocenters. The first-order valence-electron chi connectivity index (χ1n) is 13.3. The molecule has 3 N–H and O–H groups in total. The number of carbonyl (C=O) groups excluding carboxylic acids is 2. The third kappa shape index (κ3) is 7.38. The zero-order valence-corrected chi connectivity index (χ0v) is 22.5. The molecular weight excluding hydrogens is 480 g/mol. The molecule has 5 heterocycles. The number of nitrogens with zero attached hydrogens (tertiary/aromatic N) is 5. The highest BCUT2D eigenvalue weighted by atomic mass is 16.2. The van der Waals surface area contributed by atoms with Gasteiger partial charge in [-0.1, -0.05) is 32.0 Å². The van der Waals surface area contributed by atoms with E-state index in [1.54, 1.807) is 17.3 Å². The summed E-state index contributed by atoms with van der Waals surface area (Å²) in [5, 5.41) is 18.0. The monoisotopic (exact) mass is 518 g/mol. The lowest BCUT2D eigenvalue weighted by molar-refractivity contribution is -0.144. The summed E-state index contributed by atoms with van der Waals surface area (Å²) < 4.78 is 0. The summed E-state index contributed by atoms with van der Waals surface area (Å²) in [7, 11) is 2.20. The van der Waals surface area contributed by atoms with E-state index in [2.05, 4.69) is 56.5 Å². The van der Waals surface area contributed by atoms with E-state index in [1.807, 2.05) is 30.5 Å². The maximum absolute atomic E-state index is 12.2. The highest BCUT2D eigenvalue weighted by molar-refractivity contribution is 6.40. The van der Waals surface area contributed by atoms with Crippen LogP contribution in [0, 0.1) is 11.8 Å². The van der Waals surface area contributed by atoms with Crippen molar-refractivity contribution in [3.8, 4) is 0 Å². The molecule has 4 aromatic rings. The summed E-state index contributed by atoms with van der Waals surface area (Å²) in [6.45, 7) is 8.31. The Morgan fingerprint density at radius 3 is 2.32 bits per heavy atom. The first-order chi connectivity index (χ1) is 18.4. The second-order valence-electron chi connectivity index (χ2n) is 10.4. The van der Waals surface area contributed by atoms with Crippen molar-refractivity contribution in [3.63, 3.8) is 0 Å². The molecule has 0 radical (unpaired) electrons. The van der Waals surface area contributed by atoms with Gasteiger partial charge >= 0.3 is 11.8 Å². The van der Waals surface area contributed by atoms with Crippen LogP contribution in [-0.4, -0.2) is 80.2 Å². The maximum atomic E-state index is 12.2. The molecule has 0 bridgehead atoms. The number of rotatable bonds is 1. The number of carbonyl (C=O) groups is 2. The van der Waals surface area contributed by atoms with E-state index >= 15 is 0 Å². The fourth-order valence-corrected chi connectivity index (χ4v) is 4.96. The van der Waals surface area contributed by atoms with E-state index in [0.29, 0.717) is 30.2 Å². The van der Waals surface area contributed by atoms with Crippen LogP contribution in [0.15, 0.2) is 49.1 Å². The van der Waals surface area contributed by atoms with E-state index in [4.69, 9.17) is 0 Å². The Balaban J connectivity index is 0.000000161. The number of amides is 2. The van der Waals surface area contributed by atoms with Gasteiger partial charge in [-0.05, 0) is 57.2 Å². The fourth-order valence-electron chi connectivity index (χ4n) is 4.96. The number of hydrogen-bond donors (Lipinski definition) is 3. The van der Waals surface area contributed by atoms with Gasteiger partial charge in [0.1, 0.15) is 0 Å². The summed E-state index contributed by atoms with van der Waals surface area (Å²) in [4.78, 5) is 32.4. The van der Waals surface area contributed by atoms with E-state index in [1.165, 1.54) is 32.1 Å². The Labute approximate surface area is 223 Å². The highest BCUT2D eigenvalue weighted by Crippen LogP contribution is 2.20. The number of hydrogen-bond acceptors (Lipinski definition) is 6. The van der Waals surface area contributed by atoms with Gasteiger partial charge in [0.2, 0.25) is 0 Å². The number of fused-ring (bicyclic) bond motifs is 2. The predicted octanol–water partition coefficient (Wildman–Crippen LogP) is 4.07. The zero-order chi connectivity index (χ0) is 26.9. The van der Waals surface area contributed by atoms with Gasteiger partial charge in [-0.15, -0.1) is 0 Å². The van der Waals surface area contributed by atoms with Crippen LogP contribution >= 0.6 is 0 Å². The van der Waals surface area contributed by atoms with Gasteiger partial charge in [0.15, 0.2) is 0 Å². The van der Waals surface area contributed by atoms with Crippen molar-refractivity contribution in [2.45, 2.75) is 39.5 Å². The smallest absolute Gasteiger partial charge is 0.314 e. The molecule has 0 aliphatic carbocycles. The van der Waals surface area contributed by atoms with Gasteiger partial charge in [-0.3, -0.25) is 24.8 Å². The van der Waals surface area contributed by atoms with Crippen molar-refractivity contribution < 1.29 is 9.59 Å². The first kappa shape index (κ1) is 27.3.